The number of nitrogens with one attached hydrogen (secondary N) is 1. The molecule has 3 rings (SSSR count). The first kappa shape index (κ1) is 23.3. The van der Waals surface area contributed by atoms with E-state index < -0.39 is 23.7 Å². The van der Waals surface area contributed by atoms with Crippen LogP contribution >= 0.6 is 12.4 Å². The molecule has 10 heteroatoms. The van der Waals surface area contributed by atoms with Crippen LogP contribution in [0.1, 0.15) is 39.0 Å². The summed E-state index contributed by atoms with van der Waals surface area (Å²) in [7, 11) is 0. The number of benzene rings is 1. The van der Waals surface area contributed by atoms with Gasteiger partial charge in [0.2, 0.25) is 11.8 Å². The number of amides is 2. The maximum absolute atomic E-state index is 12.7. The van der Waals surface area contributed by atoms with Gasteiger partial charge in [-0.15, -0.1) is 25.6 Å². The molecule has 29 heavy (non-hydrogen) atoms. The van der Waals surface area contributed by atoms with Gasteiger partial charge in [0.15, 0.2) is 0 Å². The number of hydrogen-bond donors (Lipinski definition) is 2. The van der Waals surface area contributed by atoms with Crippen molar-refractivity contribution in [1.82, 2.24) is 5.32 Å². The molecule has 1 saturated carbocycles. The quantitative estimate of drug-likeness (QED) is 0.761. The lowest BCUT2D eigenvalue weighted by Crippen LogP contribution is -2.55. The van der Waals surface area contributed by atoms with Crippen molar-refractivity contribution in [2.24, 2.45) is 11.7 Å². The fraction of sp³-hybridized carbons (Fsp3) is 0.579. The van der Waals surface area contributed by atoms with E-state index in [0.29, 0.717) is 25.1 Å². The second-order valence-corrected chi connectivity index (χ2v) is 7.69. The van der Waals surface area contributed by atoms with Gasteiger partial charge in [0.25, 0.3) is 0 Å². The van der Waals surface area contributed by atoms with Crippen LogP contribution in [-0.2, 0) is 9.59 Å². The molecule has 1 aromatic rings. The van der Waals surface area contributed by atoms with E-state index in [1.807, 2.05) is 6.92 Å². The van der Waals surface area contributed by atoms with Crippen molar-refractivity contribution in [3.8, 4) is 5.75 Å². The Morgan fingerprint density at radius 2 is 2.03 bits per heavy atom. The zero-order chi connectivity index (χ0) is 20.5. The smallest absolute Gasteiger partial charge is 0.406 e. The van der Waals surface area contributed by atoms with Crippen LogP contribution in [0.5, 0.6) is 5.75 Å². The van der Waals surface area contributed by atoms with E-state index in [2.05, 4.69) is 10.1 Å². The Morgan fingerprint density at radius 3 is 2.69 bits per heavy atom. The lowest BCUT2D eigenvalue weighted by atomic mass is 9.74. The number of hydrogen-bond acceptors (Lipinski definition) is 4. The SMILES string of the molecule is CC1(N)CCCCC1C(=O)NC1CCN(c2cccc(OC(F)(F)F)c2)C1=O.Cl. The van der Waals surface area contributed by atoms with E-state index in [-0.39, 0.29) is 30.1 Å². The average Bonchev–Trinajstić information content (AvgIpc) is 2.93. The predicted octanol–water partition coefficient (Wildman–Crippen LogP) is 3.14. The second-order valence-electron chi connectivity index (χ2n) is 7.69. The number of carbonyl (C=O) groups is 2. The third-order valence-electron chi connectivity index (χ3n) is 5.46. The monoisotopic (exact) mass is 435 g/mol. The van der Waals surface area contributed by atoms with Crippen LogP contribution in [0.2, 0.25) is 0 Å². The van der Waals surface area contributed by atoms with Crippen LogP contribution in [0.4, 0.5) is 18.9 Å². The zero-order valence-electron chi connectivity index (χ0n) is 16.0. The lowest BCUT2D eigenvalue weighted by Gasteiger charge is -2.37. The zero-order valence-corrected chi connectivity index (χ0v) is 16.8. The predicted molar refractivity (Wildman–Crippen MR) is 104 cm³/mol. The number of anilines is 1. The summed E-state index contributed by atoms with van der Waals surface area (Å²) in [4.78, 5) is 26.7. The summed E-state index contributed by atoms with van der Waals surface area (Å²) in [5.74, 6) is -1.34. The van der Waals surface area contributed by atoms with E-state index in [1.165, 1.54) is 23.1 Å². The molecule has 6 nitrogen and oxygen atoms in total. The van der Waals surface area contributed by atoms with Gasteiger partial charge in [0.1, 0.15) is 11.8 Å². The standard InChI is InChI=1S/C19H24F3N3O3.ClH/c1-18(23)9-3-2-7-14(18)16(26)24-15-8-10-25(17(15)27)12-5-4-6-13(11-12)28-19(20,21)22;/h4-6,11,14-15H,2-3,7-10,23H2,1H3,(H,24,26);1H. The Kier molecular flexibility index (Phi) is 7.06. The molecule has 1 aliphatic heterocycles. The van der Waals surface area contributed by atoms with Gasteiger partial charge in [0.05, 0.1) is 5.92 Å². The Morgan fingerprint density at radius 1 is 1.31 bits per heavy atom. The molecule has 162 valence electrons. The minimum atomic E-state index is -4.81. The molecule has 1 saturated heterocycles. The first-order valence-corrected chi connectivity index (χ1v) is 9.33. The summed E-state index contributed by atoms with van der Waals surface area (Å²) >= 11 is 0. The van der Waals surface area contributed by atoms with E-state index in [9.17, 15) is 22.8 Å². The fourth-order valence-electron chi connectivity index (χ4n) is 3.98. The third-order valence-corrected chi connectivity index (χ3v) is 5.46. The van der Waals surface area contributed by atoms with Crippen LogP contribution in [0.25, 0.3) is 0 Å². The van der Waals surface area contributed by atoms with Crippen molar-refractivity contribution in [3.63, 3.8) is 0 Å². The number of nitrogens with zero attached hydrogens (tertiary/aromatic N) is 1. The average molecular weight is 436 g/mol. The van der Waals surface area contributed by atoms with Gasteiger partial charge in [-0.25, -0.2) is 0 Å². The summed E-state index contributed by atoms with van der Waals surface area (Å²) in [5.41, 5.74) is 5.95. The highest BCUT2D eigenvalue weighted by molar-refractivity contribution is 6.01. The molecule has 2 fully saturated rings. The summed E-state index contributed by atoms with van der Waals surface area (Å²) in [6, 6.07) is 4.54. The minimum Gasteiger partial charge on any atom is -0.406 e. The lowest BCUT2D eigenvalue weighted by molar-refractivity contribution is -0.274. The number of carbonyl (C=O) groups excluding carboxylic acids is 2. The van der Waals surface area contributed by atoms with E-state index in [1.54, 1.807) is 0 Å². The van der Waals surface area contributed by atoms with Gasteiger partial charge in [-0.2, -0.15) is 0 Å². The molecule has 2 aliphatic rings. The summed E-state index contributed by atoms with van der Waals surface area (Å²) in [6.07, 6.45) is -1.10. The van der Waals surface area contributed by atoms with Crippen molar-refractivity contribution in [3.05, 3.63) is 24.3 Å². The number of halogens is 4. The summed E-state index contributed by atoms with van der Waals surface area (Å²) in [6.45, 7) is 2.15. The highest BCUT2D eigenvalue weighted by atomic mass is 35.5. The van der Waals surface area contributed by atoms with Gasteiger partial charge < -0.3 is 20.7 Å². The number of rotatable bonds is 4. The summed E-state index contributed by atoms with van der Waals surface area (Å²) in [5, 5.41) is 2.79. The third kappa shape index (κ3) is 5.54. The largest absolute Gasteiger partial charge is 0.573 e. The topological polar surface area (TPSA) is 84.7 Å². The van der Waals surface area contributed by atoms with Crippen LogP contribution < -0.4 is 20.7 Å². The maximum atomic E-state index is 12.7. The number of ether oxygens (including phenoxy) is 1. The van der Waals surface area contributed by atoms with Gasteiger partial charge >= 0.3 is 6.36 Å². The van der Waals surface area contributed by atoms with Crippen molar-refractivity contribution in [2.45, 2.75) is 57.0 Å². The normalized spacial score (nSPS) is 27.3. The molecule has 3 unspecified atom stereocenters. The highest BCUT2D eigenvalue weighted by Gasteiger charge is 2.41. The van der Waals surface area contributed by atoms with Gasteiger partial charge in [-0.05, 0) is 38.3 Å². The van der Waals surface area contributed by atoms with E-state index in [0.717, 1.165) is 25.3 Å². The molecule has 2 amide bonds. The highest BCUT2D eigenvalue weighted by Crippen LogP contribution is 2.33. The molecule has 0 spiro atoms. The molecule has 0 aromatic heterocycles. The van der Waals surface area contributed by atoms with Gasteiger partial charge in [-0.3, -0.25) is 9.59 Å². The molecule has 0 bridgehead atoms. The molecule has 3 N–H and O–H groups in total. The molecule has 1 aromatic carbocycles. The number of alkyl halides is 3. The van der Waals surface area contributed by atoms with Crippen LogP contribution in [-0.4, -0.2) is 36.3 Å². The molecular formula is C19H25ClF3N3O3. The molecule has 0 radical (unpaired) electrons. The Balaban J connectivity index is 0.00000300. The van der Waals surface area contributed by atoms with E-state index >= 15 is 0 Å². The first-order chi connectivity index (χ1) is 13.1. The Hall–Kier alpha value is -2.00. The minimum absolute atomic E-state index is 0. The van der Waals surface area contributed by atoms with Crippen LogP contribution in [0, 0.1) is 5.92 Å². The first-order valence-electron chi connectivity index (χ1n) is 9.33. The Bertz CT molecular complexity index is 758. The van der Waals surface area contributed by atoms with Crippen LogP contribution in [0.15, 0.2) is 24.3 Å². The van der Waals surface area contributed by atoms with Crippen molar-refractivity contribution < 1.29 is 27.5 Å². The Labute approximate surface area is 173 Å². The molecule has 1 aliphatic carbocycles. The maximum Gasteiger partial charge on any atom is 0.573 e. The molecule has 1 heterocycles. The second kappa shape index (κ2) is 8.79. The summed E-state index contributed by atoms with van der Waals surface area (Å²) < 4.78 is 41.1. The van der Waals surface area contributed by atoms with Crippen molar-refractivity contribution >= 4 is 29.9 Å². The van der Waals surface area contributed by atoms with Gasteiger partial charge in [0, 0.05) is 23.8 Å². The van der Waals surface area contributed by atoms with Crippen LogP contribution in [0.3, 0.4) is 0 Å². The van der Waals surface area contributed by atoms with Gasteiger partial charge in [-0.1, -0.05) is 18.9 Å². The number of nitrogens with two attached hydrogens (primary N) is 1. The molecular weight excluding hydrogens is 411 g/mol. The van der Waals surface area contributed by atoms with Crippen molar-refractivity contribution in [1.29, 1.82) is 0 Å². The van der Waals surface area contributed by atoms with Crippen molar-refractivity contribution in [2.75, 3.05) is 11.4 Å². The molecule has 3 atom stereocenters. The fourth-order valence-corrected chi connectivity index (χ4v) is 3.98. The van der Waals surface area contributed by atoms with E-state index in [4.69, 9.17) is 5.73 Å².